The van der Waals surface area contributed by atoms with Crippen LogP contribution in [0.2, 0.25) is 5.02 Å². The number of aromatic amines is 1. The molecule has 1 heterocycles. The lowest BCUT2D eigenvalue weighted by molar-refractivity contribution is 0.308. The highest BCUT2D eigenvalue weighted by Crippen LogP contribution is 2.25. The Kier molecular flexibility index (Phi) is 5.95. The maximum Gasteiger partial charge on any atom is 0.119 e. The molecule has 4 rings (SSSR count). The Morgan fingerprint density at radius 1 is 0.893 bits per heavy atom. The normalized spacial score (nSPS) is 11.0. The van der Waals surface area contributed by atoms with E-state index in [4.69, 9.17) is 16.3 Å². The third kappa shape index (κ3) is 4.56. The molecule has 0 unspecified atom stereocenters. The van der Waals surface area contributed by atoms with Gasteiger partial charge in [-0.25, -0.2) is 0 Å². The molecule has 0 saturated heterocycles. The number of fused-ring (bicyclic) bond motifs is 1. The Morgan fingerprint density at radius 2 is 1.68 bits per heavy atom. The van der Waals surface area contributed by atoms with Gasteiger partial charge in [-0.1, -0.05) is 48.0 Å². The van der Waals surface area contributed by atoms with E-state index in [0.29, 0.717) is 6.61 Å². The zero-order valence-corrected chi connectivity index (χ0v) is 16.4. The van der Waals surface area contributed by atoms with Gasteiger partial charge in [0.15, 0.2) is 0 Å². The SMILES string of the molecule is Clc1ccccc1CNCCCOc1ccc(-c2cc3ccccc3[nH]2)cc1. The molecule has 3 aromatic carbocycles. The van der Waals surface area contributed by atoms with E-state index in [-0.39, 0.29) is 0 Å². The molecule has 0 saturated carbocycles. The minimum Gasteiger partial charge on any atom is -0.494 e. The Hall–Kier alpha value is -2.75. The van der Waals surface area contributed by atoms with E-state index in [1.807, 2.05) is 42.5 Å². The predicted molar refractivity (Wildman–Crippen MR) is 117 cm³/mol. The van der Waals surface area contributed by atoms with Gasteiger partial charge < -0.3 is 15.0 Å². The fraction of sp³-hybridized carbons (Fsp3) is 0.167. The monoisotopic (exact) mass is 390 g/mol. The third-order valence-electron chi connectivity index (χ3n) is 4.74. The molecule has 142 valence electrons. The summed E-state index contributed by atoms with van der Waals surface area (Å²) in [7, 11) is 0. The van der Waals surface area contributed by atoms with Crippen LogP contribution < -0.4 is 10.1 Å². The van der Waals surface area contributed by atoms with Gasteiger partial charge in [0, 0.05) is 28.2 Å². The van der Waals surface area contributed by atoms with Gasteiger partial charge in [0.25, 0.3) is 0 Å². The van der Waals surface area contributed by atoms with Crippen molar-refractivity contribution in [3.8, 4) is 17.0 Å². The molecule has 0 fully saturated rings. The lowest BCUT2D eigenvalue weighted by Gasteiger charge is -2.09. The van der Waals surface area contributed by atoms with Crippen LogP contribution >= 0.6 is 11.6 Å². The number of hydrogen-bond acceptors (Lipinski definition) is 2. The first kappa shape index (κ1) is 18.6. The summed E-state index contributed by atoms with van der Waals surface area (Å²) in [6, 6.07) is 26.6. The van der Waals surface area contributed by atoms with Gasteiger partial charge in [0.1, 0.15) is 5.75 Å². The first-order valence-corrected chi connectivity index (χ1v) is 9.92. The van der Waals surface area contributed by atoms with Crippen molar-refractivity contribution in [1.29, 1.82) is 0 Å². The zero-order valence-electron chi connectivity index (χ0n) is 15.6. The Labute approximate surface area is 170 Å². The summed E-state index contributed by atoms with van der Waals surface area (Å²) in [5, 5.41) is 5.43. The molecule has 2 N–H and O–H groups in total. The van der Waals surface area contributed by atoms with Crippen molar-refractivity contribution in [2.45, 2.75) is 13.0 Å². The van der Waals surface area contributed by atoms with Crippen LogP contribution in [-0.4, -0.2) is 18.1 Å². The summed E-state index contributed by atoms with van der Waals surface area (Å²) < 4.78 is 5.86. The second kappa shape index (κ2) is 8.96. The quantitative estimate of drug-likeness (QED) is 0.359. The van der Waals surface area contributed by atoms with Gasteiger partial charge in [-0.3, -0.25) is 0 Å². The lowest BCUT2D eigenvalue weighted by atomic mass is 10.1. The molecule has 28 heavy (non-hydrogen) atoms. The smallest absolute Gasteiger partial charge is 0.119 e. The van der Waals surface area contributed by atoms with E-state index in [1.54, 1.807) is 0 Å². The molecule has 3 nitrogen and oxygen atoms in total. The van der Waals surface area contributed by atoms with Gasteiger partial charge in [-0.2, -0.15) is 0 Å². The second-order valence-corrected chi connectivity index (χ2v) is 7.17. The Bertz CT molecular complexity index is 1010. The highest BCUT2D eigenvalue weighted by atomic mass is 35.5. The molecule has 1 aromatic heterocycles. The van der Waals surface area contributed by atoms with Crippen LogP contribution in [0.4, 0.5) is 0 Å². The van der Waals surface area contributed by atoms with Gasteiger partial charge in [-0.15, -0.1) is 0 Å². The molecule has 4 aromatic rings. The molecular formula is C24H23ClN2O. The molecular weight excluding hydrogens is 368 g/mol. The maximum absolute atomic E-state index is 6.16. The molecule has 0 bridgehead atoms. The fourth-order valence-electron chi connectivity index (χ4n) is 3.21. The number of hydrogen-bond donors (Lipinski definition) is 2. The molecule has 0 spiro atoms. The van der Waals surface area contributed by atoms with E-state index < -0.39 is 0 Å². The van der Waals surface area contributed by atoms with Crippen LogP contribution in [0.25, 0.3) is 22.2 Å². The zero-order chi connectivity index (χ0) is 19.2. The first-order chi connectivity index (χ1) is 13.8. The van der Waals surface area contributed by atoms with E-state index in [1.165, 1.54) is 5.39 Å². The van der Waals surface area contributed by atoms with E-state index >= 15 is 0 Å². The van der Waals surface area contributed by atoms with Crippen LogP contribution in [0.3, 0.4) is 0 Å². The van der Waals surface area contributed by atoms with Crippen LogP contribution in [-0.2, 0) is 6.54 Å². The molecule has 0 amide bonds. The Morgan fingerprint density at radius 3 is 2.50 bits per heavy atom. The van der Waals surface area contributed by atoms with Crippen molar-refractivity contribution in [2.24, 2.45) is 0 Å². The molecule has 0 aliphatic carbocycles. The molecule has 4 heteroatoms. The molecule has 0 aliphatic heterocycles. The topological polar surface area (TPSA) is 37.0 Å². The minimum absolute atomic E-state index is 0.682. The van der Waals surface area contributed by atoms with E-state index in [2.05, 4.69) is 46.7 Å². The number of halogens is 1. The summed E-state index contributed by atoms with van der Waals surface area (Å²) in [6.45, 7) is 2.35. The van der Waals surface area contributed by atoms with Gasteiger partial charge in [0.05, 0.1) is 6.61 Å². The van der Waals surface area contributed by atoms with E-state index in [9.17, 15) is 0 Å². The number of rotatable bonds is 8. The highest BCUT2D eigenvalue weighted by Gasteiger charge is 2.03. The van der Waals surface area contributed by atoms with E-state index in [0.717, 1.165) is 52.6 Å². The van der Waals surface area contributed by atoms with Crippen molar-refractivity contribution >= 4 is 22.5 Å². The van der Waals surface area contributed by atoms with Crippen molar-refractivity contribution in [1.82, 2.24) is 10.3 Å². The number of para-hydroxylation sites is 1. The standard InChI is InChI=1S/C24H23ClN2O/c25-22-8-3-1-7-20(22)17-26-14-5-15-28-21-12-10-18(11-13-21)24-16-19-6-2-4-9-23(19)27-24/h1-4,6-13,16,26-27H,5,14-15,17H2. The fourth-order valence-corrected chi connectivity index (χ4v) is 3.41. The van der Waals surface area contributed by atoms with Crippen molar-refractivity contribution in [3.05, 3.63) is 89.4 Å². The van der Waals surface area contributed by atoms with Crippen LogP contribution in [0.1, 0.15) is 12.0 Å². The number of benzene rings is 3. The number of ether oxygens (including phenoxy) is 1. The van der Waals surface area contributed by atoms with Gasteiger partial charge in [0.2, 0.25) is 0 Å². The molecule has 0 aliphatic rings. The summed E-state index contributed by atoms with van der Waals surface area (Å²) in [4.78, 5) is 3.46. The first-order valence-electron chi connectivity index (χ1n) is 9.55. The average Bonchev–Trinajstić information content (AvgIpc) is 3.16. The van der Waals surface area contributed by atoms with Crippen molar-refractivity contribution in [3.63, 3.8) is 0 Å². The average molecular weight is 391 g/mol. The van der Waals surface area contributed by atoms with Crippen LogP contribution in [0, 0.1) is 0 Å². The Balaban J connectivity index is 1.23. The van der Waals surface area contributed by atoms with Crippen molar-refractivity contribution < 1.29 is 4.74 Å². The van der Waals surface area contributed by atoms with Crippen molar-refractivity contribution in [2.75, 3.05) is 13.2 Å². The molecule has 0 radical (unpaired) electrons. The predicted octanol–water partition coefficient (Wildman–Crippen LogP) is 6.05. The molecule has 0 atom stereocenters. The second-order valence-electron chi connectivity index (χ2n) is 6.76. The van der Waals surface area contributed by atoms with Gasteiger partial charge in [-0.05, 0) is 66.6 Å². The minimum atomic E-state index is 0.682. The van der Waals surface area contributed by atoms with Crippen LogP contribution in [0.15, 0.2) is 78.9 Å². The summed E-state index contributed by atoms with van der Waals surface area (Å²) in [5.74, 6) is 0.894. The number of nitrogens with one attached hydrogen (secondary N) is 2. The summed E-state index contributed by atoms with van der Waals surface area (Å²) in [6.07, 6.45) is 0.939. The third-order valence-corrected chi connectivity index (χ3v) is 5.10. The summed E-state index contributed by atoms with van der Waals surface area (Å²) in [5.41, 5.74) is 4.56. The largest absolute Gasteiger partial charge is 0.494 e. The van der Waals surface area contributed by atoms with Gasteiger partial charge >= 0.3 is 0 Å². The lowest BCUT2D eigenvalue weighted by Crippen LogP contribution is -2.17. The maximum atomic E-state index is 6.16. The van der Waals surface area contributed by atoms with Crippen LogP contribution in [0.5, 0.6) is 5.75 Å². The number of H-pyrrole nitrogens is 1. The highest BCUT2D eigenvalue weighted by molar-refractivity contribution is 6.31. The number of aromatic nitrogens is 1. The summed E-state index contributed by atoms with van der Waals surface area (Å²) >= 11 is 6.16.